The highest BCUT2D eigenvalue weighted by molar-refractivity contribution is 6.30. The summed E-state index contributed by atoms with van der Waals surface area (Å²) in [5.41, 5.74) is -5.92. The molecule has 1 amide bonds. The number of hydrogen-bond donors (Lipinski definition) is 3. The van der Waals surface area contributed by atoms with Crippen LogP contribution in [-0.2, 0) is 14.4 Å². The average molecular weight is 577 g/mol. The minimum Gasteiger partial charge on any atom is -0.465 e. The molecule has 1 saturated heterocycles. The van der Waals surface area contributed by atoms with E-state index in [0.29, 0.717) is 17.1 Å². The zero-order valence-corrected chi connectivity index (χ0v) is 22.8. The summed E-state index contributed by atoms with van der Waals surface area (Å²) in [5, 5.41) is 25.1. The predicted octanol–water partition coefficient (Wildman–Crippen LogP) is 4.21. The van der Waals surface area contributed by atoms with Gasteiger partial charge in [0.25, 0.3) is 0 Å². The van der Waals surface area contributed by atoms with Crippen molar-refractivity contribution in [2.24, 2.45) is 28.6 Å². The number of anilines is 1. The Bertz CT molecular complexity index is 1350. The molecule has 0 radical (unpaired) electrons. The third kappa shape index (κ3) is 3.39. The van der Waals surface area contributed by atoms with Crippen LogP contribution in [0.1, 0.15) is 33.1 Å². The number of halogens is 3. The fraction of sp³-hybridized carbons (Fsp3) is 0.552. The number of carbonyl (C=O) groups is 3. The maximum atomic E-state index is 17.5. The van der Waals surface area contributed by atoms with Gasteiger partial charge in [-0.1, -0.05) is 24.6 Å². The molecular formula is C29H31ClF2N2O6. The Balaban J connectivity index is 1.44. The van der Waals surface area contributed by atoms with Gasteiger partial charge in [-0.15, -0.1) is 0 Å². The number of hydroxylamine groups is 1. The molecule has 3 saturated carbocycles. The highest BCUT2D eigenvalue weighted by atomic mass is 35.5. The molecule has 4 aliphatic carbocycles. The minimum absolute atomic E-state index is 0.0289. The van der Waals surface area contributed by atoms with Crippen molar-refractivity contribution in [3.63, 3.8) is 0 Å². The molecule has 40 heavy (non-hydrogen) atoms. The zero-order valence-electron chi connectivity index (χ0n) is 22.1. The van der Waals surface area contributed by atoms with Crippen LogP contribution in [0, 0.1) is 28.6 Å². The van der Waals surface area contributed by atoms with Gasteiger partial charge in [0.1, 0.15) is 6.17 Å². The zero-order chi connectivity index (χ0) is 28.8. The first kappa shape index (κ1) is 27.4. The summed E-state index contributed by atoms with van der Waals surface area (Å²) in [5.74, 6) is -2.97. The van der Waals surface area contributed by atoms with Crippen LogP contribution in [0.3, 0.4) is 0 Å². The molecule has 0 aromatic heterocycles. The number of allylic oxidation sites excluding steroid dienone is 4. The monoisotopic (exact) mass is 576 g/mol. The molecular weight excluding hydrogens is 546 g/mol. The standard InChI is InChI=1S/C29H31ClF2N2O6/c1-26-8-7-18(35)10-21(26)22(31)11-20-19-9-15-14-34(17-5-3-16(30)4-6-17)40-29(15,24(37)13-33-25(38)39)27(19,2)12-23(36)28(20,26)32/h3-8,10,15,19-20,22-23,33,36H,9,11-14H2,1-2H3,(H,38,39)/t15-,19-,20-,22-,23-,26-,27-,28-,29-/m0/s1. The van der Waals surface area contributed by atoms with Gasteiger partial charge in [-0.05, 0) is 74.1 Å². The molecule has 1 aromatic rings. The van der Waals surface area contributed by atoms with Gasteiger partial charge in [-0.3, -0.25) is 19.5 Å². The number of aliphatic hydroxyl groups excluding tert-OH is 1. The van der Waals surface area contributed by atoms with Gasteiger partial charge in [0.2, 0.25) is 0 Å². The van der Waals surface area contributed by atoms with Gasteiger partial charge in [-0.25, -0.2) is 13.6 Å². The largest absolute Gasteiger partial charge is 0.465 e. The van der Waals surface area contributed by atoms with Crippen LogP contribution < -0.4 is 10.4 Å². The van der Waals surface area contributed by atoms with Crippen molar-refractivity contribution in [2.75, 3.05) is 18.2 Å². The Morgan fingerprint density at radius 3 is 2.58 bits per heavy atom. The summed E-state index contributed by atoms with van der Waals surface area (Å²) in [7, 11) is 0. The summed E-state index contributed by atoms with van der Waals surface area (Å²) < 4.78 is 33.3. The molecule has 1 heterocycles. The van der Waals surface area contributed by atoms with E-state index in [2.05, 4.69) is 5.32 Å². The number of alkyl halides is 2. The summed E-state index contributed by atoms with van der Waals surface area (Å²) >= 11 is 6.05. The number of carbonyl (C=O) groups excluding carboxylic acids is 2. The molecule has 1 aromatic carbocycles. The number of nitrogens with one attached hydrogen (secondary N) is 1. The number of Topliss-reactive ketones (excluding diaryl/α,β-unsaturated/α-hetero) is 1. The fourth-order valence-electron chi connectivity index (χ4n) is 8.80. The second kappa shape index (κ2) is 8.84. The fourth-order valence-corrected chi connectivity index (χ4v) is 8.92. The number of aliphatic hydroxyl groups is 1. The topological polar surface area (TPSA) is 116 Å². The lowest BCUT2D eigenvalue weighted by Gasteiger charge is -2.63. The van der Waals surface area contributed by atoms with Crippen LogP contribution in [0.2, 0.25) is 5.02 Å². The summed E-state index contributed by atoms with van der Waals surface area (Å²) in [4.78, 5) is 43.9. The lowest BCUT2D eigenvalue weighted by atomic mass is 9.44. The Kier molecular flexibility index (Phi) is 6.04. The SMILES string of the molecule is C[C@]12C=CC(=O)C=C1[C@@H](F)C[C@H]1[C@@H]3C[C@H]4CN(c5ccc(Cl)cc5)O[C@@]4(C(=O)CNC(=O)O)[C@@]3(C)C[C@H](O)[C@@]12F. The van der Waals surface area contributed by atoms with E-state index < -0.39 is 76.3 Å². The first-order chi connectivity index (χ1) is 18.8. The van der Waals surface area contributed by atoms with Gasteiger partial charge < -0.3 is 15.5 Å². The highest BCUT2D eigenvalue weighted by Gasteiger charge is 2.79. The van der Waals surface area contributed by atoms with Gasteiger partial charge in [0.05, 0.1) is 24.9 Å². The predicted molar refractivity (Wildman–Crippen MR) is 141 cm³/mol. The quantitative estimate of drug-likeness (QED) is 0.492. The van der Waals surface area contributed by atoms with Crippen molar-refractivity contribution in [1.82, 2.24) is 5.32 Å². The van der Waals surface area contributed by atoms with Crippen molar-refractivity contribution in [2.45, 2.75) is 56.7 Å². The molecule has 5 aliphatic rings. The Labute approximate surface area is 235 Å². The summed E-state index contributed by atoms with van der Waals surface area (Å²) in [6.07, 6.45) is -0.956. The number of carboxylic acid groups (broad SMARTS) is 1. The molecule has 4 fully saturated rings. The van der Waals surface area contributed by atoms with Crippen LogP contribution in [0.15, 0.2) is 48.1 Å². The number of ketones is 2. The Morgan fingerprint density at radius 2 is 1.90 bits per heavy atom. The number of hydrogen-bond acceptors (Lipinski definition) is 6. The minimum atomic E-state index is -2.29. The Hall–Kier alpha value is -2.82. The molecule has 0 spiro atoms. The normalized spacial score (nSPS) is 43.4. The highest BCUT2D eigenvalue weighted by Crippen LogP contribution is 2.72. The van der Waals surface area contributed by atoms with Gasteiger partial charge >= 0.3 is 6.09 Å². The van der Waals surface area contributed by atoms with E-state index in [1.807, 2.05) is 0 Å². The van der Waals surface area contributed by atoms with Crippen LogP contribution >= 0.6 is 11.6 Å². The van der Waals surface area contributed by atoms with E-state index in [1.54, 1.807) is 36.3 Å². The maximum absolute atomic E-state index is 17.5. The summed E-state index contributed by atoms with van der Waals surface area (Å²) in [6, 6.07) is 6.83. The number of benzene rings is 1. The van der Waals surface area contributed by atoms with Gasteiger partial charge in [0, 0.05) is 27.7 Å². The van der Waals surface area contributed by atoms with Crippen LogP contribution in [-0.4, -0.2) is 64.5 Å². The molecule has 6 rings (SSSR count). The van der Waals surface area contributed by atoms with Crippen molar-refractivity contribution >= 4 is 34.9 Å². The third-order valence-electron chi connectivity index (χ3n) is 10.5. The second-order valence-electron chi connectivity index (χ2n) is 12.2. The first-order valence-electron chi connectivity index (χ1n) is 13.5. The van der Waals surface area contributed by atoms with Crippen molar-refractivity contribution in [3.05, 3.63) is 53.1 Å². The molecule has 8 nitrogen and oxygen atoms in total. The number of amides is 1. The molecule has 1 aliphatic heterocycles. The van der Waals surface area contributed by atoms with E-state index in [1.165, 1.54) is 19.1 Å². The number of fused-ring (bicyclic) bond motifs is 7. The maximum Gasteiger partial charge on any atom is 0.405 e. The second-order valence-corrected chi connectivity index (χ2v) is 12.7. The summed E-state index contributed by atoms with van der Waals surface area (Å²) in [6.45, 7) is 3.01. The van der Waals surface area contributed by atoms with Crippen molar-refractivity contribution < 1.29 is 38.2 Å². The first-order valence-corrected chi connectivity index (χ1v) is 13.8. The van der Waals surface area contributed by atoms with Gasteiger partial charge in [-0.2, -0.15) is 0 Å². The van der Waals surface area contributed by atoms with E-state index in [0.717, 1.165) is 6.08 Å². The van der Waals surface area contributed by atoms with E-state index >= 15 is 8.78 Å². The molecule has 0 bridgehead atoms. The van der Waals surface area contributed by atoms with Crippen molar-refractivity contribution in [1.29, 1.82) is 0 Å². The molecule has 214 valence electrons. The molecule has 9 atom stereocenters. The number of nitrogens with zero attached hydrogens (tertiary/aromatic N) is 1. The average Bonchev–Trinajstić information content (AvgIpc) is 3.39. The third-order valence-corrected chi connectivity index (χ3v) is 10.8. The molecule has 11 heteroatoms. The molecule has 0 unspecified atom stereocenters. The number of rotatable bonds is 4. The van der Waals surface area contributed by atoms with Crippen LogP contribution in [0.4, 0.5) is 19.3 Å². The van der Waals surface area contributed by atoms with Gasteiger partial charge in [0.15, 0.2) is 22.8 Å². The molecule has 3 N–H and O–H groups in total. The van der Waals surface area contributed by atoms with Crippen molar-refractivity contribution in [3.8, 4) is 0 Å². The lowest BCUT2D eigenvalue weighted by molar-refractivity contribution is -0.227. The lowest BCUT2D eigenvalue weighted by Crippen LogP contribution is -2.71. The van der Waals surface area contributed by atoms with E-state index in [4.69, 9.17) is 16.4 Å². The smallest absolute Gasteiger partial charge is 0.405 e. The van der Waals surface area contributed by atoms with E-state index in [-0.39, 0.29) is 25.0 Å². The van der Waals surface area contributed by atoms with Crippen LogP contribution in [0.5, 0.6) is 0 Å². The van der Waals surface area contributed by atoms with E-state index in [9.17, 15) is 24.6 Å². The van der Waals surface area contributed by atoms with Crippen LogP contribution in [0.25, 0.3) is 0 Å². The Morgan fingerprint density at radius 1 is 1.20 bits per heavy atom.